The molecule has 0 saturated carbocycles. The Labute approximate surface area is 156 Å². The van der Waals surface area contributed by atoms with E-state index in [1.807, 2.05) is 31.2 Å². The Bertz CT molecular complexity index is 1090. The lowest BCUT2D eigenvalue weighted by Gasteiger charge is -2.07. The lowest BCUT2D eigenvalue weighted by atomic mass is 10.1. The summed E-state index contributed by atoms with van der Waals surface area (Å²) in [5, 5.41) is 8.21. The second-order valence-electron chi connectivity index (χ2n) is 5.93. The van der Waals surface area contributed by atoms with Crippen LogP contribution in [0.2, 0.25) is 0 Å². The number of hydrogen-bond donors (Lipinski definition) is 0. The van der Waals surface area contributed by atoms with Crippen LogP contribution in [0.1, 0.15) is 16.8 Å². The van der Waals surface area contributed by atoms with Crippen molar-refractivity contribution < 1.29 is 17.6 Å². The fourth-order valence-electron chi connectivity index (χ4n) is 2.48. The highest BCUT2D eigenvalue weighted by molar-refractivity contribution is 7.98. The van der Waals surface area contributed by atoms with E-state index in [0.29, 0.717) is 28.1 Å². The van der Waals surface area contributed by atoms with Gasteiger partial charge in [0.2, 0.25) is 5.89 Å². The van der Waals surface area contributed by atoms with E-state index < -0.39 is 11.7 Å². The Morgan fingerprint density at radius 2 is 1.85 bits per heavy atom. The molecule has 0 atom stereocenters. The number of hydrogen-bond acceptors (Lipinski definition) is 5. The summed E-state index contributed by atoms with van der Waals surface area (Å²) in [5.41, 5.74) is 2.27. The van der Waals surface area contributed by atoms with E-state index in [-0.39, 0.29) is 0 Å². The van der Waals surface area contributed by atoms with E-state index in [1.165, 1.54) is 28.5 Å². The number of rotatable bonds is 4. The molecule has 0 spiro atoms. The molecule has 0 unspecified atom stereocenters. The molecule has 0 aliphatic rings. The van der Waals surface area contributed by atoms with Gasteiger partial charge in [-0.15, -0.1) is 10.2 Å². The summed E-state index contributed by atoms with van der Waals surface area (Å²) in [6.45, 7) is 1.99. The minimum absolute atomic E-state index is 0.353. The van der Waals surface area contributed by atoms with E-state index in [0.717, 1.165) is 23.4 Å². The number of benzene rings is 1. The molecule has 27 heavy (non-hydrogen) atoms. The van der Waals surface area contributed by atoms with E-state index >= 15 is 0 Å². The third kappa shape index (κ3) is 3.68. The van der Waals surface area contributed by atoms with Gasteiger partial charge in [0.15, 0.2) is 10.8 Å². The van der Waals surface area contributed by atoms with Gasteiger partial charge in [0.1, 0.15) is 6.26 Å². The van der Waals surface area contributed by atoms with Gasteiger partial charge in [-0.1, -0.05) is 29.5 Å². The van der Waals surface area contributed by atoms with E-state index in [1.54, 1.807) is 0 Å². The van der Waals surface area contributed by atoms with Crippen LogP contribution in [0.15, 0.2) is 58.4 Å². The van der Waals surface area contributed by atoms with Gasteiger partial charge in [0, 0.05) is 17.5 Å². The average molecular weight is 390 g/mol. The second-order valence-corrected chi connectivity index (χ2v) is 6.87. The van der Waals surface area contributed by atoms with Crippen molar-refractivity contribution in [2.75, 3.05) is 0 Å². The molecule has 0 aliphatic carbocycles. The zero-order valence-corrected chi connectivity index (χ0v) is 14.9. The second kappa shape index (κ2) is 6.73. The number of fused-ring (bicyclic) bond motifs is 1. The fourth-order valence-corrected chi connectivity index (χ4v) is 3.27. The Kier molecular flexibility index (Phi) is 4.39. The zero-order chi connectivity index (χ0) is 19.0. The molecule has 0 amide bonds. The molecular weight excluding hydrogens is 377 g/mol. The van der Waals surface area contributed by atoms with E-state index in [4.69, 9.17) is 4.42 Å². The van der Waals surface area contributed by atoms with Crippen molar-refractivity contribution >= 4 is 17.4 Å². The van der Waals surface area contributed by atoms with Crippen molar-refractivity contribution in [3.05, 3.63) is 65.7 Å². The third-order valence-electron chi connectivity index (χ3n) is 3.90. The lowest BCUT2D eigenvalue weighted by molar-refractivity contribution is -0.137. The predicted molar refractivity (Wildman–Crippen MR) is 94.2 cm³/mol. The Hall–Kier alpha value is -2.81. The number of thioether (sulfide) groups is 1. The fraction of sp³-hybridized carbons (Fsp3) is 0.167. The molecule has 0 N–H and O–H groups in total. The Balaban J connectivity index is 1.53. The SMILES string of the molecule is Cc1ccc(-c2nc(CSc3nnc4ccc(C(F)(F)F)cn34)co2)cc1. The van der Waals surface area contributed by atoms with Crippen molar-refractivity contribution in [2.24, 2.45) is 0 Å². The molecule has 3 aromatic heterocycles. The van der Waals surface area contributed by atoms with Gasteiger partial charge in [-0.05, 0) is 31.2 Å². The van der Waals surface area contributed by atoms with Crippen LogP contribution in [0.25, 0.3) is 17.1 Å². The number of aryl methyl sites for hydroxylation is 1. The molecular formula is C18H13F3N4OS. The highest BCUT2D eigenvalue weighted by Gasteiger charge is 2.31. The first kappa shape index (κ1) is 17.6. The van der Waals surface area contributed by atoms with Gasteiger partial charge < -0.3 is 4.42 Å². The van der Waals surface area contributed by atoms with E-state index in [9.17, 15) is 13.2 Å². The summed E-state index contributed by atoms with van der Waals surface area (Å²) in [4.78, 5) is 4.42. The summed E-state index contributed by atoms with van der Waals surface area (Å²) >= 11 is 1.24. The number of pyridine rings is 1. The van der Waals surface area contributed by atoms with Crippen molar-refractivity contribution in [1.82, 2.24) is 19.6 Å². The van der Waals surface area contributed by atoms with Crippen molar-refractivity contribution in [3.8, 4) is 11.5 Å². The molecule has 0 fully saturated rings. The minimum Gasteiger partial charge on any atom is -0.444 e. The standard InChI is InChI=1S/C18H13F3N4OS/c1-11-2-4-12(5-3-11)16-22-14(9-26-16)10-27-17-24-23-15-7-6-13(8-25(15)17)18(19,20)21/h2-9H,10H2,1H3. The number of aromatic nitrogens is 4. The van der Waals surface area contributed by atoms with Crippen LogP contribution in [-0.2, 0) is 11.9 Å². The topological polar surface area (TPSA) is 56.2 Å². The molecule has 3 heterocycles. The first-order valence-corrected chi connectivity index (χ1v) is 8.95. The van der Waals surface area contributed by atoms with Gasteiger partial charge in [0.25, 0.3) is 0 Å². The maximum absolute atomic E-state index is 12.9. The first-order valence-electron chi connectivity index (χ1n) is 7.96. The molecule has 138 valence electrons. The number of nitrogens with zero attached hydrogens (tertiary/aromatic N) is 4. The quantitative estimate of drug-likeness (QED) is 0.459. The van der Waals surface area contributed by atoms with Gasteiger partial charge in [-0.3, -0.25) is 4.40 Å². The zero-order valence-electron chi connectivity index (χ0n) is 14.1. The van der Waals surface area contributed by atoms with Crippen LogP contribution >= 0.6 is 11.8 Å². The summed E-state index contributed by atoms with van der Waals surface area (Å²) < 4.78 is 45.6. The summed E-state index contributed by atoms with van der Waals surface area (Å²) in [5.74, 6) is 0.892. The van der Waals surface area contributed by atoms with Gasteiger partial charge in [-0.25, -0.2) is 4.98 Å². The van der Waals surface area contributed by atoms with Crippen molar-refractivity contribution in [1.29, 1.82) is 0 Å². The van der Waals surface area contributed by atoms with Crippen LogP contribution in [-0.4, -0.2) is 19.6 Å². The highest BCUT2D eigenvalue weighted by atomic mass is 32.2. The highest BCUT2D eigenvalue weighted by Crippen LogP contribution is 2.31. The number of oxazole rings is 1. The first-order chi connectivity index (χ1) is 12.9. The van der Waals surface area contributed by atoms with E-state index in [2.05, 4.69) is 15.2 Å². The maximum atomic E-state index is 12.9. The monoisotopic (exact) mass is 390 g/mol. The van der Waals surface area contributed by atoms with Crippen LogP contribution in [0.3, 0.4) is 0 Å². The Morgan fingerprint density at radius 1 is 1.07 bits per heavy atom. The molecule has 0 saturated heterocycles. The number of alkyl halides is 3. The molecule has 9 heteroatoms. The summed E-state index contributed by atoms with van der Waals surface area (Å²) in [6.07, 6.45) is -1.89. The van der Waals surface area contributed by atoms with Crippen molar-refractivity contribution in [3.63, 3.8) is 0 Å². The average Bonchev–Trinajstić information content (AvgIpc) is 3.26. The molecule has 5 nitrogen and oxygen atoms in total. The van der Waals surface area contributed by atoms with Gasteiger partial charge in [0.05, 0.1) is 11.3 Å². The molecule has 0 bridgehead atoms. The summed E-state index contributed by atoms with van der Waals surface area (Å²) in [6, 6.07) is 10.1. The van der Waals surface area contributed by atoms with Crippen LogP contribution in [0.5, 0.6) is 0 Å². The normalized spacial score (nSPS) is 12.0. The molecule has 0 aliphatic heterocycles. The third-order valence-corrected chi connectivity index (χ3v) is 4.87. The molecule has 1 aromatic carbocycles. The van der Waals surface area contributed by atoms with Gasteiger partial charge >= 0.3 is 6.18 Å². The summed E-state index contributed by atoms with van der Waals surface area (Å²) in [7, 11) is 0. The van der Waals surface area contributed by atoms with Crippen LogP contribution in [0.4, 0.5) is 13.2 Å². The minimum atomic E-state index is -4.42. The maximum Gasteiger partial charge on any atom is 0.417 e. The Morgan fingerprint density at radius 3 is 2.59 bits per heavy atom. The van der Waals surface area contributed by atoms with Crippen LogP contribution in [0, 0.1) is 6.92 Å². The predicted octanol–water partition coefficient (Wildman–Crippen LogP) is 5.00. The van der Waals surface area contributed by atoms with Gasteiger partial charge in [-0.2, -0.15) is 13.2 Å². The lowest BCUT2D eigenvalue weighted by Crippen LogP contribution is -2.06. The molecule has 4 rings (SSSR count). The van der Waals surface area contributed by atoms with Crippen LogP contribution < -0.4 is 0 Å². The smallest absolute Gasteiger partial charge is 0.417 e. The number of halogens is 3. The molecule has 4 aromatic rings. The molecule has 0 radical (unpaired) electrons. The largest absolute Gasteiger partial charge is 0.444 e. The van der Waals surface area contributed by atoms with Crippen molar-refractivity contribution in [2.45, 2.75) is 24.0 Å².